The Kier molecular flexibility index (Phi) is 8.79. The topological polar surface area (TPSA) is 68.2 Å². The van der Waals surface area contributed by atoms with Crippen LogP contribution >= 0.6 is 24.0 Å². The number of halogens is 1. The van der Waals surface area contributed by atoms with Gasteiger partial charge >= 0.3 is 0 Å². The van der Waals surface area contributed by atoms with Crippen molar-refractivity contribution in [2.24, 2.45) is 17.8 Å². The number of aryl methyl sites for hydroxylation is 2. The summed E-state index contributed by atoms with van der Waals surface area (Å²) >= 11 is 0. The molecule has 0 atom stereocenters. The summed E-state index contributed by atoms with van der Waals surface area (Å²) in [5, 5.41) is 7.55. The fraction of sp³-hybridized carbons (Fsp3) is 0.692. The molecule has 0 amide bonds. The summed E-state index contributed by atoms with van der Waals surface area (Å²) in [4.78, 5) is 4.19. The van der Waals surface area contributed by atoms with E-state index in [-0.39, 0.29) is 24.0 Å². The summed E-state index contributed by atoms with van der Waals surface area (Å²) in [5.74, 6) is 0.552. The molecule has 0 radical (unpaired) electrons. The summed E-state index contributed by atoms with van der Waals surface area (Å²) in [6.45, 7) is 7.91. The largest absolute Gasteiger partial charge is 0.370 e. The van der Waals surface area contributed by atoms with Gasteiger partial charge in [0.05, 0.1) is 5.69 Å². The van der Waals surface area contributed by atoms with Crippen molar-refractivity contribution in [3.8, 4) is 0 Å². The van der Waals surface area contributed by atoms with Gasteiger partial charge in [0.1, 0.15) is 0 Å². The van der Waals surface area contributed by atoms with Crippen LogP contribution in [0.2, 0.25) is 0 Å². The van der Waals surface area contributed by atoms with Gasteiger partial charge in [-0.15, -0.1) is 24.0 Å². The van der Waals surface area contributed by atoms with Crippen molar-refractivity contribution in [2.75, 3.05) is 13.1 Å². The van der Waals surface area contributed by atoms with Gasteiger partial charge in [0.2, 0.25) is 0 Å². The predicted octanol–water partition coefficient (Wildman–Crippen LogP) is 1.90. The van der Waals surface area contributed by atoms with Crippen LogP contribution < -0.4 is 11.1 Å². The predicted molar refractivity (Wildman–Crippen MR) is 91.2 cm³/mol. The van der Waals surface area contributed by atoms with Crippen molar-refractivity contribution >= 4 is 29.9 Å². The van der Waals surface area contributed by atoms with Crippen LogP contribution in [0.4, 0.5) is 0 Å². The number of aliphatic imine (C=N–C) groups is 1. The maximum atomic E-state index is 5.73. The lowest BCUT2D eigenvalue weighted by molar-refractivity contribution is 0.726. The third kappa shape index (κ3) is 5.80. The molecule has 0 aliphatic carbocycles. The van der Waals surface area contributed by atoms with Crippen LogP contribution in [0.15, 0.2) is 4.99 Å². The van der Waals surface area contributed by atoms with Gasteiger partial charge in [-0.05, 0) is 38.7 Å². The van der Waals surface area contributed by atoms with E-state index in [9.17, 15) is 0 Å². The normalized spacial score (nSPS) is 11.3. The lowest BCUT2D eigenvalue weighted by Crippen LogP contribution is -2.32. The molecule has 0 fully saturated rings. The smallest absolute Gasteiger partial charge is 0.188 e. The quantitative estimate of drug-likeness (QED) is 0.343. The van der Waals surface area contributed by atoms with E-state index in [4.69, 9.17) is 5.73 Å². The summed E-state index contributed by atoms with van der Waals surface area (Å²) < 4.78 is 1.94. The van der Waals surface area contributed by atoms with Crippen molar-refractivity contribution in [1.82, 2.24) is 15.1 Å². The molecule has 0 bridgehead atoms. The fourth-order valence-corrected chi connectivity index (χ4v) is 1.95. The maximum Gasteiger partial charge on any atom is 0.188 e. The molecule has 6 heteroatoms. The van der Waals surface area contributed by atoms with E-state index in [1.807, 2.05) is 11.7 Å². The number of hydrogen-bond acceptors (Lipinski definition) is 2. The highest BCUT2D eigenvalue weighted by Gasteiger charge is 2.08. The van der Waals surface area contributed by atoms with E-state index in [0.717, 1.165) is 38.0 Å². The van der Waals surface area contributed by atoms with Crippen LogP contribution in [0.1, 0.15) is 36.7 Å². The summed E-state index contributed by atoms with van der Waals surface area (Å²) in [6, 6.07) is 0. The Morgan fingerprint density at radius 3 is 2.63 bits per heavy atom. The second kappa shape index (κ2) is 9.17. The molecule has 0 spiro atoms. The first-order valence-corrected chi connectivity index (χ1v) is 6.59. The number of nitrogens with one attached hydrogen (secondary N) is 1. The van der Waals surface area contributed by atoms with Crippen molar-refractivity contribution in [3.05, 3.63) is 17.0 Å². The molecule has 0 saturated heterocycles. The highest BCUT2D eigenvalue weighted by molar-refractivity contribution is 14.0. The Morgan fingerprint density at radius 2 is 2.11 bits per heavy atom. The average Bonchev–Trinajstić information content (AvgIpc) is 2.57. The van der Waals surface area contributed by atoms with Crippen molar-refractivity contribution in [1.29, 1.82) is 0 Å². The van der Waals surface area contributed by atoms with Gasteiger partial charge in [0.25, 0.3) is 0 Å². The fourth-order valence-electron chi connectivity index (χ4n) is 1.95. The number of hydrogen-bond donors (Lipinski definition) is 2. The van der Waals surface area contributed by atoms with E-state index >= 15 is 0 Å². The first kappa shape index (κ1) is 18.2. The minimum atomic E-state index is 0. The van der Waals surface area contributed by atoms with Crippen LogP contribution in [-0.4, -0.2) is 28.8 Å². The van der Waals surface area contributed by atoms with E-state index < -0.39 is 0 Å². The number of aromatic nitrogens is 2. The van der Waals surface area contributed by atoms with Gasteiger partial charge in [0.15, 0.2) is 5.96 Å². The molecule has 19 heavy (non-hydrogen) atoms. The second-order valence-electron chi connectivity index (χ2n) is 4.57. The number of nitrogens with two attached hydrogens (primary N) is 1. The molecule has 1 rings (SSSR count). The Hall–Kier alpha value is -0.790. The van der Waals surface area contributed by atoms with Crippen molar-refractivity contribution < 1.29 is 0 Å². The maximum absolute atomic E-state index is 5.73. The molecule has 3 N–H and O–H groups in total. The minimum absolute atomic E-state index is 0. The summed E-state index contributed by atoms with van der Waals surface area (Å²) in [7, 11) is 1.99. The minimum Gasteiger partial charge on any atom is -0.370 e. The molecule has 0 aliphatic heterocycles. The molecule has 5 nitrogen and oxygen atoms in total. The monoisotopic (exact) mass is 379 g/mol. The number of nitrogens with zero attached hydrogens (tertiary/aromatic N) is 3. The number of guanidine groups is 1. The van der Waals surface area contributed by atoms with Crippen LogP contribution in [-0.2, 0) is 13.5 Å². The van der Waals surface area contributed by atoms with Gasteiger partial charge in [-0.3, -0.25) is 9.67 Å². The van der Waals surface area contributed by atoms with Crippen LogP contribution in [0.25, 0.3) is 0 Å². The highest BCUT2D eigenvalue weighted by atomic mass is 127. The molecular formula is C13H26IN5. The van der Waals surface area contributed by atoms with Crippen molar-refractivity contribution in [2.45, 2.75) is 40.0 Å². The Bertz CT molecular complexity index is 411. The van der Waals surface area contributed by atoms with Gasteiger partial charge < -0.3 is 11.1 Å². The first-order chi connectivity index (χ1) is 8.56. The lowest BCUT2D eigenvalue weighted by atomic mass is 10.1. The molecule has 0 unspecified atom stereocenters. The molecule has 0 aliphatic rings. The van der Waals surface area contributed by atoms with Gasteiger partial charge in [0, 0.05) is 25.8 Å². The van der Waals surface area contributed by atoms with Gasteiger partial charge in [-0.25, -0.2) is 0 Å². The SMILES string of the molecule is CCCN=C(N)NCCCc1c(C)nn(C)c1C.I. The Balaban J connectivity index is 0.00000324. The first-order valence-electron chi connectivity index (χ1n) is 6.59. The third-order valence-corrected chi connectivity index (χ3v) is 3.07. The molecule has 1 aromatic heterocycles. The zero-order valence-electron chi connectivity index (χ0n) is 12.4. The zero-order valence-corrected chi connectivity index (χ0v) is 14.7. The van der Waals surface area contributed by atoms with Gasteiger partial charge in [-0.2, -0.15) is 5.10 Å². The van der Waals surface area contributed by atoms with E-state index in [1.165, 1.54) is 11.3 Å². The molecule has 1 aromatic rings. The van der Waals surface area contributed by atoms with E-state index in [2.05, 4.69) is 36.2 Å². The standard InChI is InChI=1S/C13H25N5.HI/c1-5-8-15-13(14)16-9-6-7-12-10(2)17-18(4)11(12)3;/h5-9H2,1-4H3,(H3,14,15,16);1H. The summed E-state index contributed by atoms with van der Waals surface area (Å²) in [5.41, 5.74) is 9.45. The lowest BCUT2D eigenvalue weighted by Gasteiger charge is -2.06. The molecule has 0 aromatic carbocycles. The van der Waals surface area contributed by atoms with Gasteiger partial charge in [-0.1, -0.05) is 6.92 Å². The molecule has 1 heterocycles. The van der Waals surface area contributed by atoms with Crippen LogP contribution in [0.5, 0.6) is 0 Å². The average molecular weight is 379 g/mol. The highest BCUT2D eigenvalue weighted by Crippen LogP contribution is 2.13. The molecular weight excluding hydrogens is 353 g/mol. The Labute approximate surface area is 133 Å². The molecule has 110 valence electrons. The number of rotatable bonds is 6. The van der Waals surface area contributed by atoms with Crippen molar-refractivity contribution in [3.63, 3.8) is 0 Å². The second-order valence-corrected chi connectivity index (χ2v) is 4.57. The molecule has 0 saturated carbocycles. The third-order valence-electron chi connectivity index (χ3n) is 3.07. The van der Waals surface area contributed by atoms with E-state index in [1.54, 1.807) is 0 Å². The summed E-state index contributed by atoms with van der Waals surface area (Å²) in [6.07, 6.45) is 3.09. The van der Waals surface area contributed by atoms with E-state index in [0.29, 0.717) is 5.96 Å². The zero-order chi connectivity index (χ0) is 13.5. The van der Waals surface area contributed by atoms with Crippen LogP contribution in [0, 0.1) is 13.8 Å². The Morgan fingerprint density at radius 1 is 1.42 bits per heavy atom. The van der Waals surface area contributed by atoms with Crippen LogP contribution in [0.3, 0.4) is 0 Å².